The maximum Gasteiger partial charge on any atom is 0.0795 e. The van der Waals surface area contributed by atoms with Crippen LogP contribution in [0.15, 0.2) is 17.3 Å². The second-order valence-corrected chi connectivity index (χ2v) is 1.53. The van der Waals surface area contributed by atoms with Crippen molar-refractivity contribution in [3.63, 3.8) is 0 Å². The van der Waals surface area contributed by atoms with Gasteiger partial charge in [-0.15, -0.1) is 0 Å². The molecule has 38 valence electrons. The highest BCUT2D eigenvalue weighted by atomic mass is 16.4. The van der Waals surface area contributed by atoms with Crippen molar-refractivity contribution in [2.75, 3.05) is 0 Å². The van der Waals surface area contributed by atoms with Crippen LogP contribution in [0.1, 0.15) is 12.8 Å². The van der Waals surface area contributed by atoms with Gasteiger partial charge in [-0.2, -0.15) is 0 Å². The van der Waals surface area contributed by atoms with E-state index >= 15 is 0 Å². The zero-order chi connectivity index (χ0) is 5.11. The van der Waals surface area contributed by atoms with Crippen LogP contribution in [-0.4, -0.2) is 10.9 Å². The third kappa shape index (κ3) is 0.796. The molecule has 0 fully saturated rings. The SMILES string of the molecule is ON=C1C=CCC1. The smallest absolute Gasteiger partial charge is 0.0795 e. The fraction of sp³-hybridized carbons (Fsp3) is 0.400. The molecule has 0 bridgehead atoms. The Morgan fingerprint density at radius 3 is 2.86 bits per heavy atom. The van der Waals surface area contributed by atoms with Gasteiger partial charge in [0.1, 0.15) is 0 Å². The summed E-state index contributed by atoms with van der Waals surface area (Å²) in [7, 11) is 0. The van der Waals surface area contributed by atoms with E-state index in [0.717, 1.165) is 18.6 Å². The molecule has 1 N–H and O–H groups in total. The Hall–Kier alpha value is -0.790. The quantitative estimate of drug-likeness (QED) is 0.357. The topological polar surface area (TPSA) is 32.6 Å². The van der Waals surface area contributed by atoms with Gasteiger partial charge in [-0.1, -0.05) is 11.2 Å². The highest BCUT2D eigenvalue weighted by molar-refractivity contribution is 5.96. The first kappa shape index (κ1) is 4.37. The van der Waals surface area contributed by atoms with E-state index in [1.54, 1.807) is 0 Å². The lowest BCUT2D eigenvalue weighted by atomic mass is 10.3. The standard InChI is InChI=1S/C5H7NO/c7-6-5-3-1-2-4-5/h1,3,7H,2,4H2. The molecule has 0 saturated carbocycles. The molecule has 7 heavy (non-hydrogen) atoms. The van der Waals surface area contributed by atoms with E-state index in [2.05, 4.69) is 5.16 Å². The van der Waals surface area contributed by atoms with Crippen LogP contribution >= 0.6 is 0 Å². The van der Waals surface area contributed by atoms with Crippen LogP contribution in [0.2, 0.25) is 0 Å². The van der Waals surface area contributed by atoms with Gasteiger partial charge in [0.05, 0.1) is 5.71 Å². The van der Waals surface area contributed by atoms with Crippen LogP contribution in [0, 0.1) is 0 Å². The summed E-state index contributed by atoms with van der Waals surface area (Å²) < 4.78 is 0. The predicted molar refractivity (Wildman–Crippen MR) is 27.6 cm³/mol. The molecule has 0 atom stereocenters. The molecule has 0 radical (unpaired) electrons. The lowest BCUT2D eigenvalue weighted by Crippen LogP contribution is -1.83. The Morgan fingerprint density at radius 1 is 1.71 bits per heavy atom. The Bertz CT molecular complexity index is 112. The minimum absolute atomic E-state index is 0.792. The highest BCUT2D eigenvalue weighted by Gasteiger charge is 1.98. The van der Waals surface area contributed by atoms with Crippen molar-refractivity contribution in [3.05, 3.63) is 12.2 Å². The number of nitrogens with zero attached hydrogens (tertiary/aromatic N) is 1. The van der Waals surface area contributed by atoms with E-state index in [1.807, 2.05) is 12.2 Å². The molecule has 0 aromatic carbocycles. The summed E-state index contributed by atoms with van der Waals surface area (Å²) in [4.78, 5) is 0. The number of hydrogen-bond acceptors (Lipinski definition) is 2. The van der Waals surface area contributed by atoms with Crippen LogP contribution < -0.4 is 0 Å². The molecule has 1 rings (SSSR count). The van der Waals surface area contributed by atoms with Crippen LogP contribution in [0.5, 0.6) is 0 Å². The van der Waals surface area contributed by atoms with Gasteiger partial charge in [0, 0.05) is 0 Å². The van der Waals surface area contributed by atoms with Gasteiger partial charge < -0.3 is 5.21 Å². The molecule has 0 heterocycles. The number of hydrogen-bond donors (Lipinski definition) is 1. The first-order valence-electron chi connectivity index (χ1n) is 2.31. The van der Waals surface area contributed by atoms with Crippen molar-refractivity contribution in [1.29, 1.82) is 0 Å². The molecule has 0 aromatic heterocycles. The number of rotatable bonds is 0. The van der Waals surface area contributed by atoms with Crippen molar-refractivity contribution in [3.8, 4) is 0 Å². The average Bonchev–Trinajstić information content (AvgIpc) is 2.14. The van der Waals surface area contributed by atoms with E-state index < -0.39 is 0 Å². The normalized spacial score (nSPS) is 24.3. The second kappa shape index (κ2) is 1.78. The van der Waals surface area contributed by atoms with Crippen molar-refractivity contribution in [2.45, 2.75) is 12.8 Å². The van der Waals surface area contributed by atoms with E-state index in [4.69, 9.17) is 5.21 Å². The molecule has 0 aromatic rings. The maximum absolute atomic E-state index is 8.10. The fourth-order valence-corrected chi connectivity index (χ4v) is 0.617. The Labute approximate surface area is 42.1 Å². The zero-order valence-corrected chi connectivity index (χ0v) is 3.96. The summed E-state index contributed by atoms with van der Waals surface area (Å²) in [5, 5.41) is 11.1. The lowest BCUT2D eigenvalue weighted by Gasteiger charge is -1.80. The molecule has 0 saturated heterocycles. The molecule has 0 unspecified atom stereocenters. The summed E-state index contributed by atoms with van der Waals surface area (Å²) in [5.74, 6) is 0. The first-order chi connectivity index (χ1) is 3.43. The Morgan fingerprint density at radius 2 is 2.57 bits per heavy atom. The minimum Gasteiger partial charge on any atom is -0.411 e. The van der Waals surface area contributed by atoms with Gasteiger partial charge in [-0.05, 0) is 18.9 Å². The summed E-state index contributed by atoms with van der Waals surface area (Å²) in [6.07, 6.45) is 5.75. The number of allylic oxidation sites excluding steroid dienone is 2. The molecule has 1 aliphatic carbocycles. The second-order valence-electron chi connectivity index (χ2n) is 1.53. The molecule has 0 spiro atoms. The van der Waals surface area contributed by atoms with Crippen LogP contribution in [0.4, 0.5) is 0 Å². The summed E-state index contributed by atoms with van der Waals surface area (Å²) in [6.45, 7) is 0. The van der Waals surface area contributed by atoms with E-state index in [9.17, 15) is 0 Å². The average molecular weight is 97.1 g/mol. The van der Waals surface area contributed by atoms with Crippen molar-refractivity contribution in [2.24, 2.45) is 5.16 Å². The first-order valence-corrected chi connectivity index (χ1v) is 2.31. The third-order valence-corrected chi connectivity index (χ3v) is 1.01. The van der Waals surface area contributed by atoms with Crippen molar-refractivity contribution in [1.82, 2.24) is 0 Å². The highest BCUT2D eigenvalue weighted by Crippen LogP contribution is 2.03. The van der Waals surface area contributed by atoms with Crippen LogP contribution in [0.3, 0.4) is 0 Å². The van der Waals surface area contributed by atoms with Crippen LogP contribution in [-0.2, 0) is 0 Å². The Balaban J connectivity index is 2.59. The molecular formula is C5H7NO. The maximum atomic E-state index is 8.10. The van der Waals surface area contributed by atoms with E-state index in [1.165, 1.54) is 0 Å². The number of oxime groups is 1. The van der Waals surface area contributed by atoms with Crippen molar-refractivity contribution >= 4 is 5.71 Å². The molecule has 0 amide bonds. The molecule has 1 aliphatic rings. The van der Waals surface area contributed by atoms with Gasteiger partial charge in [-0.25, -0.2) is 0 Å². The predicted octanol–water partition coefficient (Wildman–Crippen LogP) is 1.17. The monoisotopic (exact) mass is 97.1 g/mol. The summed E-state index contributed by atoms with van der Waals surface area (Å²) >= 11 is 0. The molecular weight excluding hydrogens is 90.1 g/mol. The fourth-order valence-electron chi connectivity index (χ4n) is 0.617. The molecule has 0 aliphatic heterocycles. The van der Waals surface area contributed by atoms with Gasteiger partial charge in [0.2, 0.25) is 0 Å². The van der Waals surface area contributed by atoms with Gasteiger partial charge >= 0.3 is 0 Å². The third-order valence-electron chi connectivity index (χ3n) is 1.01. The summed E-state index contributed by atoms with van der Waals surface area (Å²) in [5.41, 5.74) is 0.792. The van der Waals surface area contributed by atoms with Crippen molar-refractivity contribution < 1.29 is 5.21 Å². The molecule has 2 nitrogen and oxygen atoms in total. The molecule has 2 heteroatoms. The largest absolute Gasteiger partial charge is 0.411 e. The van der Waals surface area contributed by atoms with Crippen LogP contribution in [0.25, 0.3) is 0 Å². The Kier molecular flexibility index (Phi) is 1.11. The summed E-state index contributed by atoms with van der Waals surface area (Å²) in [6, 6.07) is 0. The minimum atomic E-state index is 0.792. The zero-order valence-electron chi connectivity index (χ0n) is 3.96. The van der Waals surface area contributed by atoms with Gasteiger partial charge in [0.25, 0.3) is 0 Å². The van der Waals surface area contributed by atoms with E-state index in [0.29, 0.717) is 0 Å². The lowest BCUT2D eigenvalue weighted by molar-refractivity contribution is 0.318. The van der Waals surface area contributed by atoms with Gasteiger partial charge in [-0.3, -0.25) is 0 Å². The van der Waals surface area contributed by atoms with Gasteiger partial charge in [0.15, 0.2) is 0 Å². The van der Waals surface area contributed by atoms with E-state index in [-0.39, 0.29) is 0 Å².